The van der Waals surface area contributed by atoms with Crippen molar-refractivity contribution in [3.8, 4) is 5.75 Å². The van der Waals surface area contributed by atoms with Gasteiger partial charge in [-0.05, 0) is 22.0 Å². The van der Waals surface area contributed by atoms with Gasteiger partial charge in [0.1, 0.15) is 12.8 Å². The summed E-state index contributed by atoms with van der Waals surface area (Å²) in [7, 11) is 2.85. The highest BCUT2D eigenvalue weighted by Gasteiger charge is 2.16. The van der Waals surface area contributed by atoms with E-state index in [1.807, 2.05) is 0 Å². The van der Waals surface area contributed by atoms with Crippen LogP contribution in [0.25, 0.3) is 0 Å². The minimum atomic E-state index is -0.668. The first-order valence-electron chi connectivity index (χ1n) is 5.90. The van der Waals surface area contributed by atoms with Crippen LogP contribution >= 0.6 is 0 Å². The first kappa shape index (κ1) is 14.4. The van der Waals surface area contributed by atoms with Gasteiger partial charge in [0.15, 0.2) is 0 Å². The molecule has 0 radical (unpaired) electrons. The summed E-state index contributed by atoms with van der Waals surface area (Å²) in [5.74, 6) is -0.457. The largest absolute Gasteiger partial charge is 0.479 e. The third-order valence-electron chi connectivity index (χ3n) is 2.92. The van der Waals surface area contributed by atoms with Gasteiger partial charge >= 0.3 is 11.5 Å². The molecule has 0 bridgehead atoms. The summed E-state index contributed by atoms with van der Waals surface area (Å²) < 4.78 is 7.50. The molecule has 0 aromatic carbocycles. The molecule has 0 unspecified atom stereocenters. The lowest BCUT2D eigenvalue weighted by molar-refractivity contribution is -0.390. The highest BCUT2D eigenvalue weighted by molar-refractivity contribution is 5.38. The van der Waals surface area contributed by atoms with Crippen LogP contribution in [0.15, 0.2) is 34.0 Å². The summed E-state index contributed by atoms with van der Waals surface area (Å²) in [5, 5.41) is 10.8. The molecule has 0 N–H and O–H groups in total. The van der Waals surface area contributed by atoms with Gasteiger partial charge in [-0.2, -0.15) is 0 Å². The van der Waals surface area contributed by atoms with Gasteiger partial charge in [-0.3, -0.25) is 13.9 Å². The maximum absolute atomic E-state index is 11.7. The first-order valence-corrected chi connectivity index (χ1v) is 5.90. The normalized spacial score (nSPS) is 10.4. The second-order valence-electron chi connectivity index (χ2n) is 4.25. The number of hydrogen-bond acceptors (Lipinski definition) is 6. The number of hydrogen-bond donors (Lipinski definition) is 0. The zero-order valence-electron chi connectivity index (χ0n) is 11.3. The quantitative estimate of drug-likeness (QED) is 0.578. The molecule has 0 aliphatic heterocycles. The lowest BCUT2D eigenvalue weighted by atomic mass is 10.4. The monoisotopic (exact) mass is 292 g/mol. The summed E-state index contributed by atoms with van der Waals surface area (Å²) in [6.45, 7) is -0.158. The van der Waals surface area contributed by atoms with Gasteiger partial charge in [0.25, 0.3) is 5.56 Å². The van der Waals surface area contributed by atoms with Crippen LogP contribution in [0.5, 0.6) is 5.75 Å². The SMILES string of the molecule is Cn1c(COc2cccnc2[N+](=O)[O-])cc(=O)n(C)c1=O. The lowest BCUT2D eigenvalue weighted by Gasteiger charge is -2.10. The zero-order valence-corrected chi connectivity index (χ0v) is 11.3. The van der Waals surface area contributed by atoms with Crippen molar-refractivity contribution in [2.24, 2.45) is 14.1 Å². The Morgan fingerprint density at radius 1 is 1.33 bits per heavy atom. The maximum Gasteiger partial charge on any atom is 0.406 e. The molecular weight excluding hydrogens is 280 g/mol. The molecule has 0 atom stereocenters. The Bertz CT molecular complexity index is 808. The van der Waals surface area contributed by atoms with Crippen molar-refractivity contribution in [3.63, 3.8) is 0 Å². The molecule has 0 spiro atoms. The standard InChI is InChI=1S/C12H12N4O5/c1-14-8(6-10(17)15(2)12(14)18)7-21-9-4-3-5-13-11(9)16(19)20/h3-6H,7H2,1-2H3. The molecule has 0 aliphatic rings. The first-order chi connectivity index (χ1) is 9.91. The summed E-state index contributed by atoms with van der Waals surface area (Å²) in [6.07, 6.45) is 1.28. The average molecular weight is 292 g/mol. The number of ether oxygens (including phenoxy) is 1. The fourth-order valence-corrected chi connectivity index (χ4v) is 1.70. The van der Waals surface area contributed by atoms with Crippen molar-refractivity contribution in [2.45, 2.75) is 6.61 Å². The van der Waals surface area contributed by atoms with Crippen LogP contribution in [0.1, 0.15) is 5.69 Å². The molecule has 21 heavy (non-hydrogen) atoms. The Hall–Kier alpha value is -2.97. The third kappa shape index (κ3) is 2.81. The molecule has 0 amide bonds. The fourth-order valence-electron chi connectivity index (χ4n) is 1.70. The van der Waals surface area contributed by atoms with E-state index < -0.39 is 22.0 Å². The molecular formula is C12H12N4O5. The van der Waals surface area contributed by atoms with E-state index >= 15 is 0 Å². The number of nitro groups is 1. The number of rotatable bonds is 4. The molecule has 0 fully saturated rings. The van der Waals surface area contributed by atoms with E-state index in [1.54, 1.807) is 0 Å². The van der Waals surface area contributed by atoms with E-state index in [-0.39, 0.29) is 12.4 Å². The Balaban J connectivity index is 2.32. The van der Waals surface area contributed by atoms with Crippen molar-refractivity contribution < 1.29 is 9.66 Å². The van der Waals surface area contributed by atoms with Crippen LogP contribution in [0, 0.1) is 10.1 Å². The number of pyridine rings is 1. The van der Waals surface area contributed by atoms with Crippen LogP contribution in [0.3, 0.4) is 0 Å². The van der Waals surface area contributed by atoms with E-state index in [0.29, 0.717) is 5.69 Å². The van der Waals surface area contributed by atoms with E-state index in [2.05, 4.69) is 4.98 Å². The third-order valence-corrected chi connectivity index (χ3v) is 2.92. The summed E-state index contributed by atoms with van der Waals surface area (Å²) >= 11 is 0. The second kappa shape index (κ2) is 5.57. The van der Waals surface area contributed by atoms with Crippen molar-refractivity contribution in [1.82, 2.24) is 14.1 Å². The number of nitrogens with zero attached hydrogens (tertiary/aromatic N) is 4. The topological polar surface area (TPSA) is 109 Å². The highest BCUT2D eigenvalue weighted by Crippen LogP contribution is 2.23. The van der Waals surface area contributed by atoms with Crippen LogP contribution in [-0.4, -0.2) is 19.0 Å². The van der Waals surface area contributed by atoms with E-state index in [9.17, 15) is 19.7 Å². The number of aromatic nitrogens is 3. The Kier molecular flexibility index (Phi) is 3.83. The minimum Gasteiger partial charge on any atom is -0.479 e. The van der Waals surface area contributed by atoms with Crippen LogP contribution in [0.2, 0.25) is 0 Å². The van der Waals surface area contributed by atoms with E-state index in [4.69, 9.17) is 4.74 Å². The van der Waals surface area contributed by atoms with Crippen LogP contribution in [0.4, 0.5) is 5.82 Å². The Morgan fingerprint density at radius 3 is 2.71 bits per heavy atom. The van der Waals surface area contributed by atoms with Gasteiger partial charge in [-0.25, -0.2) is 4.79 Å². The summed E-state index contributed by atoms with van der Waals surface area (Å²) in [5.41, 5.74) is -0.666. The smallest absolute Gasteiger partial charge is 0.406 e. The van der Waals surface area contributed by atoms with Gasteiger partial charge in [0.2, 0.25) is 5.75 Å². The molecule has 0 aliphatic carbocycles. The Labute approximate surface area is 118 Å². The molecule has 2 heterocycles. The molecule has 0 saturated carbocycles. The average Bonchev–Trinajstić information content (AvgIpc) is 2.47. The van der Waals surface area contributed by atoms with Gasteiger partial charge in [-0.15, -0.1) is 0 Å². The predicted octanol–water partition coefficient (Wildman–Crippen LogP) is -0.0338. The second-order valence-corrected chi connectivity index (χ2v) is 4.25. The molecule has 2 aromatic heterocycles. The van der Waals surface area contributed by atoms with E-state index in [0.717, 1.165) is 4.57 Å². The highest BCUT2D eigenvalue weighted by atomic mass is 16.6. The predicted molar refractivity (Wildman–Crippen MR) is 72.1 cm³/mol. The molecule has 2 aromatic rings. The molecule has 0 saturated heterocycles. The summed E-state index contributed by atoms with van der Waals surface area (Å²) in [6, 6.07) is 4.12. The molecule has 9 nitrogen and oxygen atoms in total. The van der Waals surface area contributed by atoms with Crippen molar-refractivity contribution >= 4 is 5.82 Å². The fraction of sp³-hybridized carbons (Fsp3) is 0.250. The summed E-state index contributed by atoms with van der Waals surface area (Å²) in [4.78, 5) is 37.1. The van der Waals surface area contributed by atoms with Crippen LogP contribution < -0.4 is 16.0 Å². The van der Waals surface area contributed by atoms with Gasteiger partial charge < -0.3 is 14.9 Å². The van der Waals surface area contributed by atoms with Crippen molar-refractivity contribution in [2.75, 3.05) is 0 Å². The van der Waals surface area contributed by atoms with Crippen LogP contribution in [-0.2, 0) is 20.7 Å². The van der Waals surface area contributed by atoms with E-state index in [1.165, 1.54) is 43.1 Å². The zero-order chi connectivity index (χ0) is 15.6. The minimum absolute atomic E-state index is 0.0318. The maximum atomic E-state index is 11.7. The molecule has 9 heteroatoms. The molecule has 110 valence electrons. The Morgan fingerprint density at radius 2 is 2.05 bits per heavy atom. The molecule has 2 rings (SSSR count). The lowest BCUT2D eigenvalue weighted by Crippen LogP contribution is -2.38. The van der Waals surface area contributed by atoms with Crippen molar-refractivity contribution in [3.05, 3.63) is 61.0 Å². The van der Waals surface area contributed by atoms with Crippen molar-refractivity contribution in [1.29, 1.82) is 0 Å². The van der Waals surface area contributed by atoms with Gasteiger partial charge in [0, 0.05) is 20.2 Å². The van der Waals surface area contributed by atoms with Gasteiger partial charge in [0.05, 0.1) is 5.69 Å². The van der Waals surface area contributed by atoms with Gasteiger partial charge in [-0.1, -0.05) is 0 Å².